The van der Waals surface area contributed by atoms with Crippen molar-refractivity contribution < 1.29 is 17.2 Å². The monoisotopic (exact) mass is 216 g/mol. The highest BCUT2D eigenvalue weighted by molar-refractivity contribution is 7.95. The predicted octanol–water partition coefficient (Wildman–Crippen LogP) is 1.32. The van der Waals surface area contributed by atoms with Crippen molar-refractivity contribution >= 4 is 9.84 Å². The molecule has 74 valence electrons. The van der Waals surface area contributed by atoms with E-state index < -0.39 is 21.5 Å². The molecule has 0 aliphatic heterocycles. The van der Waals surface area contributed by atoms with Gasteiger partial charge >= 0.3 is 0 Å². The van der Waals surface area contributed by atoms with Crippen molar-refractivity contribution in [3.8, 4) is 11.2 Å². The summed E-state index contributed by atoms with van der Waals surface area (Å²) in [6.45, 7) is 0. The average Bonchev–Trinajstić information content (AvgIpc) is 2.05. The molecule has 0 saturated heterocycles. The first-order valence-electron chi connectivity index (χ1n) is 3.56. The molecule has 0 heterocycles. The topological polar surface area (TPSA) is 34.1 Å². The van der Waals surface area contributed by atoms with Crippen LogP contribution in [0.1, 0.15) is 5.56 Å². The van der Waals surface area contributed by atoms with Crippen LogP contribution in [0.25, 0.3) is 0 Å². The van der Waals surface area contributed by atoms with E-state index in [0.717, 1.165) is 24.5 Å². The smallest absolute Gasteiger partial charge is 0.214 e. The molecule has 2 nitrogen and oxygen atoms in total. The molecule has 0 radical (unpaired) electrons. The minimum absolute atomic E-state index is 0.268. The second-order valence-electron chi connectivity index (χ2n) is 2.62. The van der Waals surface area contributed by atoms with Crippen LogP contribution in [-0.4, -0.2) is 14.7 Å². The van der Waals surface area contributed by atoms with Crippen LogP contribution in [0.4, 0.5) is 8.78 Å². The van der Waals surface area contributed by atoms with E-state index in [1.807, 2.05) is 11.2 Å². The van der Waals surface area contributed by atoms with Crippen LogP contribution in [0.15, 0.2) is 18.2 Å². The van der Waals surface area contributed by atoms with Crippen LogP contribution in [0.5, 0.6) is 0 Å². The van der Waals surface area contributed by atoms with E-state index in [4.69, 9.17) is 0 Å². The van der Waals surface area contributed by atoms with E-state index in [9.17, 15) is 17.2 Å². The third-order valence-electron chi connectivity index (χ3n) is 1.30. The summed E-state index contributed by atoms with van der Waals surface area (Å²) in [5, 5.41) is 1.82. The van der Waals surface area contributed by atoms with Crippen molar-refractivity contribution in [2.45, 2.75) is 0 Å². The molecule has 0 amide bonds. The molecule has 0 fully saturated rings. The van der Waals surface area contributed by atoms with E-state index in [2.05, 4.69) is 0 Å². The minimum Gasteiger partial charge on any atom is -0.216 e. The Labute approximate surface area is 80.5 Å². The van der Waals surface area contributed by atoms with Gasteiger partial charge in [-0.05, 0) is 24.1 Å². The Kier molecular flexibility index (Phi) is 2.87. The maximum atomic E-state index is 12.9. The third-order valence-corrected chi connectivity index (χ3v) is 1.77. The van der Waals surface area contributed by atoms with Gasteiger partial charge in [-0.2, -0.15) is 0 Å². The Bertz CT molecular complexity index is 509. The summed E-state index contributed by atoms with van der Waals surface area (Å²) in [5.41, 5.74) is -0.268. The van der Waals surface area contributed by atoms with Crippen LogP contribution < -0.4 is 0 Å². The molecule has 0 saturated carbocycles. The largest absolute Gasteiger partial charge is 0.216 e. The number of sulfone groups is 1. The lowest BCUT2D eigenvalue weighted by Gasteiger charge is -1.92. The summed E-state index contributed by atoms with van der Waals surface area (Å²) in [5.74, 6) is 0.630. The first-order chi connectivity index (χ1) is 6.38. The molecule has 5 heteroatoms. The van der Waals surface area contributed by atoms with Crippen molar-refractivity contribution in [1.82, 2.24) is 0 Å². The van der Waals surface area contributed by atoms with Gasteiger partial charge in [-0.25, -0.2) is 17.2 Å². The van der Waals surface area contributed by atoms with E-state index >= 15 is 0 Å². The summed E-state index contributed by atoms with van der Waals surface area (Å²) in [6, 6.07) is 2.66. The third kappa shape index (κ3) is 3.15. The molecular weight excluding hydrogens is 210 g/mol. The normalized spacial score (nSPS) is 10.5. The molecule has 0 bridgehead atoms. The molecule has 0 unspecified atom stereocenters. The fraction of sp³-hybridized carbons (Fsp3) is 0.111. The molecule has 0 aliphatic rings. The molecule has 1 aromatic rings. The van der Waals surface area contributed by atoms with Crippen molar-refractivity contribution in [1.29, 1.82) is 0 Å². The number of rotatable bonds is 0. The zero-order valence-corrected chi connectivity index (χ0v) is 8.03. The van der Waals surface area contributed by atoms with Gasteiger partial charge < -0.3 is 0 Å². The van der Waals surface area contributed by atoms with E-state index in [1.165, 1.54) is 0 Å². The van der Waals surface area contributed by atoms with Gasteiger partial charge in [0.05, 0.1) is 11.8 Å². The Morgan fingerprint density at radius 3 is 2.50 bits per heavy atom. The summed E-state index contributed by atoms with van der Waals surface area (Å²) >= 11 is 0. The maximum Gasteiger partial charge on any atom is 0.214 e. The van der Waals surface area contributed by atoms with Crippen molar-refractivity contribution in [2.75, 3.05) is 6.26 Å². The van der Waals surface area contributed by atoms with Crippen LogP contribution >= 0.6 is 0 Å². The molecule has 0 N–H and O–H groups in total. The Morgan fingerprint density at radius 2 is 1.93 bits per heavy atom. The summed E-state index contributed by atoms with van der Waals surface area (Å²) in [7, 11) is -3.50. The Morgan fingerprint density at radius 1 is 1.29 bits per heavy atom. The van der Waals surface area contributed by atoms with Gasteiger partial charge in [0.25, 0.3) is 0 Å². The summed E-state index contributed by atoms with van der Waals surface area (Å²) < 4.78 is 46.7. The van der Waals surface area contributed by atoms with Crippen LogP contribution in [0.2, 0.25) is 0 Å². The Hall–Kier alpha value is -1.41. The van der Waals surface area contributed by atoms with Gasteiger partial charge in [-0.15, -0.1) is 0 Å². The van der Waals surface area contributed by atoms with Gasteiger partial charge in [0, 0.05) is 5.25 Å². The van der Waals surface area contributed by atoms with E-state index in [0.29, 0.717) is 0 Å². The highest BCUT2D eigenvalue weighted by Crippen LogP contribution is 2.07. The van der Waals surface area contributed by atoms with Gasteiger partial charge in [-0.1, -0.05) is 0 Å². The van der Waals surface area contributed by atoms with E-state index in [-0.39, 0.29) is 5.56 Å². The van der Waals surface area contributed by atoms with Gasteiger partial charge in [0.2, 0.25) is 9.84 Å². The van der Waals surface area contributed by atoms with Gasteiger partial charge in [0.15, 0.2) is 0 Å². The van der Waals surface area contributed by atoms with Gasteiger partial charge in [0.1, 0.15) is 11.6 Å². The van der Waals surface area contributed by atoms with Crippen LogP contribution in [-0.2, 0) is 9.84 Å². The lowest BCUT2D eigenvalue weighted by atomic mass is 10.2. The van der Waals surface area contributed by atoms with Crippen molar-refractivity contribution in [3.05, 3.63) is 35.4 Å². The second-order valence-corrected chi connectivity index (χ2v) is 4.37. The number of hydrogen-bond acceptors (Lipinski definition) is 2. The standard InChI is InChI=1S/C9H6F2O2S/c1-14(12,13)5-4-7-6-8(10)2-3-9(7)11/h2-3,6H,1H3. The fourth-order valence-electron chi connectivity index (χ4n) is 0.741. The van der Waals surface area contributed by atoms with Crippen molar-refractivity contribution in [2.24, 2.45) is 0 Å². The molecule has 1 aromatic carbocycles. The minimum atomic E-state index is -3.50. The van der Waals surface area contributed by atoms with Crippen LogP contribution in [0, 0.1) is 22.8 Å². The first kappa shape index (κ1) is 10.7. The molecule has 0 atom stereocenters. The molecular formula is C9H6F2O2S. The zero-order chi connectivity index (χ0) is 10.8. The number of hydrogen-bond donors (Lipinski definition) is 0. The van der Waals surface area contributed by atoms with E-state index in [1.54, 1.807) is 0 Å². The predicted molar refractivity (Wildman–Crippen MR) is 48.1 cm³/mol. The average molecular weight is 216 g/mol. The second kappa shape index (κ2) is 3.76. The highest BCUT2D eigenvalue weighted by Gasteiger charge is 2.01. The molecule has 0 aliphatic carbocycles. The molecule has 0 spiro atoms. The summed E-state index contributed by atoms with van der Waals surface area (Å²) in [6.07, 6.45) is 0.886. The molecule has 0 aromatic heterocycles. The summed E-state index contributed by atoms with van der Waals surface area (Å²) in [4.78, 5) is 0. The van der Waals surface area contributed by atoms with Crippen molar-refractivity contribution in [3.63, 3.8) is 0 Å². The first-order valence-corrected chi connectivity index (χ1v) is 5.45. The molecule has 14 heavy (non-hydrogen) atoms. The van der Waals surface area contributed by atoms with Crippen LogP contribution in [0.3, 0.4) is 0 Å². The lowest BCUT2D eigenvalue weighted by molar-refractivity contribution is 0.597. The Balaban J connectivity index is 3.19. The van der Waals surface area contributed by atoms with Gasteiger partial charge in [-0.3, -0.25) is 0 Å². The molecule has 1 rings (SSSR count). The highest BCUT2D eigenvalue weighted by atomic mass is 32.2. The fourth-order valence-corrected chi connectivity index (χ4v) is 1.04. The lowest BCUT2D eigenvalue weighted by Crippen LogP contribution is -1.91. The number of benzene rings is 1. The maximum absolute atomic E-state index is 12.9. The quantitative estimate of drug-likeness (QED) is 0.613. The SMILES string of the molecule is CS(=O)(=O)C#Cc1cc(F)ccc1F. The number of halogens is 2. The zero-order valence-electron chi connectivity index (χ0n) is 7.21.